The largest absolute Gasteiger partial charge is 0.497 e. The number of pyridine rings is 1. The summed E-state index contributed by atoms with van der Waals surface area (Å²) < 4.78 is 43.0. The fraction of sp³-hybridized carbons (Fsp3) is 0.278. The topological polar surface area (TPSA) is 87.4 Å². The minimum atomic E-state index is -1.04. The van der Waals surface area contributed by atoms with Gasteiger partial charge in [-0.3, -0.25) is 0 Å². The number of benzene rings is 3. The van der Waals surface area contributed by atoms with E-state index in [-0.39, 0.29) is 27.8 Å². The first-order valence-electron chi connectivity index (χ1n) is 15.4. The monoisotopic (exact) mass is 780 g/mol. The lowest BCUT2D eigenvalue weighted by atomic mass is 9.98. The Bertz CT molecular complexity index is 1950. The minimum Gasteiger partial charge on any atom is -0.497 e. The summed E-state index contributed by atoms with van der Waals surface area (Å²) in [6.07, 6.45) is 0.176. The number of nitrogens with zero attached hydrogens (tertiary/aromatic N) is 6. The number of halogens is 4. The van der Waals surface area contributed by atoms with E-state index in [4.69, 9.17) is 26.1 Å². The third-order valence-electron chi connectivity index (χ3n) is 8.56. The molecule has 0 atom stereocenters. The van der Waals surface area contributed by atoms with E-state index in [0.29, 0.717) is 59.5 Å². The quantitative estimate of drug-likeness (QED) is 0.109. The molecule has 5 aromatic rings. The Labute approximate surface area is 296 Å². The zero-order chi connectivity index (χ0) is 33.9. The molecule has 1 aliphatic heterocycles. The minimum absolute atomic E-state index is 0.0413. The van der Waals surface area contributed by atoms with E-state index in [1.807, 2.05) is 66.4 Å². The number of rotatable bonds is 9. The van der Waals surface area contributed by atoms with Crippen LogP contribution in [0.25, 0.3) is 22.2 Å². The molecule has 0 bridgehead atoms. The van der Waals surface area contributed by atoms with Crippen molar-refractivity contribution in [2.75, 3.05) is 37.1 Å². The number of hydrogen-bond acceptors (Lipinski definition) is 8. The third kappa shape index (κ3) is 6.96. The van der Waals surface area contributed by atoms with E-state index in [0.717, 1.165) is 28.2 Å². The summed E-state index contributed by atoms with van der Waals surface area (Å²) in [5, 5.41) is 9.74. The fourth-order valence-corrected chi connectivity index (χ4v) is 6.75. The van der Waals surface area contributed by atoms with Crippen LogP contribution in [0.1, 0.15) is 29.5 Å². The van der Waals surface area contributed by atoms with Gasteiger partial charge in [0, 0.05) is 41.1 Å². The normalized spacial score (nSPS) is 13.4. The molecule has 3 aromatic carbocycles. The van der Waals surface area contributed by atoms with Crippen LogP contribution in [-0.4, -0.2) is 42.3 Å². The number of anilines is 2. The Morgan fingerprint density at radius 1 is 0.938 bits per heavy atom. The van der Waals surface area contributed by atoms with Gasteiger partial charge in [0.25, 0.3) is 0 Å². The Balaban J connectivity index is 1.44. The molecule has 2 aromatic heterocycles. The van der Waals surface area contributed by atoms with Crippen molar-refractivity contribution in [2.45, 2.75) is 32.9 Å². The molecule has 12 heteroatoms. The molecule has 1 saturated heterocycles. The van der Waals surface area contributed by atoms with Gasteiger partial charge in [-0.25, -0.2) is 9.37 Å². The molecule has 6 rings (SSSR count). The SMILES string of the molecule is COc1ccc(CN(Cc2ccc(OC)cc2)c2cc(C)c(I)c(-c3c(Cl)cc4c(N5CCC(C#N)CC5)nc(F)nc4c3F)n2)cc1. The summed E-state index contributed by atoms with van der Waals surface area (Å²) in [5.41, 5.74) is 3.12. The van der Waals surface area contributed by atoms with E-state index in [9.17, 15) is 9.65 Å². The second kappa shape index (κ2) is 14.5. The van der Waals surface area contributed by atoms with Gasteiger partial charge >= 0.3 is 6.08 Å². The van der Waals surface area contributed by atoms with Gasteiger partial charge in [0.1, 0.15) is 28.7 Å². The van der Waals surface area contributed by atoms with Crippen LogP contribution < -0.4 is 19.3 Å². The predicted molar refractivity (Wildman–Crippen MR) is 192 cm³/mol. The highest BCUT2D eigenvalue weighted by atomic mass is 127. The number of aryl methyl sites for hydroxylation is 1. The number of aromatic nitrogens is 3. The molecule has 0 radical (unpaired) electrons. The maximum Gasteiger partial charge on any atom is 0.311 e. The van der Waals surface area contributed by atoms with Crippen LogP contribution in [0.5, 0.6) is 11.5 Å². The standard InChI is InChI=1S/C36H32ClF2IN6O2/c1-21-16-29(46(19-23-4-8-25(47-2)9-5-23)20-24-6-10-26(48-3)11-7-24)42-34(32(21)40)30-28(37)17-27-33(31(30)38)43-36(39)44-35(27)45-14-12-22(18-41)13-15-45/h4-11,16-17,22H,12-15,19-20H2,1-3H3. The molecule has 0 spiro atoms. The molecule has 0 N–H and O–H groups in total. The number of methoxy groups -OCH3 is 2. The number of nitriles is 1. The molecule has 3 heterocycles. The lowest BCUT2D eigenvalue weighted by Gasteiger charge is -2.30. The number of fused-ring (bicyclic) bond motifs is 1. The molecule has 0 aliphatic carbocycles. The zero-order valence-electron chi connectivity index (χ0n) is 26.6. The molecule has 8 nitrogen and oxygen atoms in total. The van der Waals surface area contributed by atoms with Crippen LogP contribution in [0, 0.1) is 39.6 Å². The summed E-state index contributed by atoms with van der Waals surface area (Å²) >= 11 is 9.03. The Morgan fingerprint density at radius 3 is 2.06 bits per heavy atom. The van der Waals surface area contributed by atoms with Crippen molar-refractivity contribution in [3.63, 3.8) is 0 Å². The number of piperidine rings is 1. The molecular weight excluding hydrogens is 749 g/mol. The maximum atomic E-state index is 16.7. The van der Waals surface area contributed by atoms with E-state index in [2.05, 4.69) is 43.5 Å². The van der Waals surface area contributed by atoms with E-state index >= 15 is 4.39 Å². The molecule has 0 unspecified atom stereocenters. The Morgan fingerprint density at radius 2 is 1.52 bits per heavy atom. The van der Waals surface area contributed by atoms with Crippen LogP contribution in [0.15, 0.2) is 60.7 Å². The first kappa shape index (κ1) is 33.6. The van der Waals surface area contributed by atoms with Gasteiger partial charge in [0.15, 0.2) is 5.82 Å². The van der Waals surface area contributed by atoms with E-state index in [1.54, 1.807) is 20.3 Å². The third-order valence-corrected chi connectivity index (χ3v) is 10.2. The highest BCUT2D eigenvalue weighted by molar-refractivity contribution is 14.1. The number of hydrogen-bond donors (Lipinski definition) is 0. The van der Waals surface area contributed by atoms with Crippen LogP contribution in [0.2, 0.25) is 5.02 Å². The molecule has 1 fully saturated rings. The van der Waals surface area contributed by atoms with Crippen LogP contribution in [0.3, 0.4) is 0 Å². The summed E-state index contributed by atoms with van der Waals surface area (Å²) in [7, 11) is 3.25. The van der Waals surface area contributed by atoms with E-state index < -0.39 is 11.9 Å². The average Bonchev–Trinajstić information content (AvgIpc) is 3.10. The zero-order valence-corrected chi connectivity index (χ0v) is 29.5. The molecular formula is C36H32ClF2IN6O2. The van der Waals surface area contributed by atoms with Crippen molar-refractivity contribution >= 4 is 56.7 Å². The molecule has 0 saturated carbocycles. The number of ether oxygens (including phenoxy) is 2. The van der Waals surface area contributed by atoms with Gasteiger partial charge in [-0.05, 0) is 95.4 Å². The first-order valence-corrected chi connectivity index (χ1v) is 16.8. The van der Waals surface area contributed by atoms with Crippen LogP contribution >= 0.6 is 34.2 Å². The van der Waals surface area contributed by atoms with Gasteiger partial charge in [-0.2, -0.15) is 19.6 Å². The highest BCUT2D eigenvalue weighted by Crippen LogP contribution is 2.41. The highest BCUT2D eigenvalue weighted by Gasteiger charge is 2.27. The van der Waals surface area contributed by atoms with Gasteiger partial charge in [-0.1, -0.05) is 35.9 Å². The van der Waals surface area contributed by atoms with Crippen LogP contribution in [0.4, 0.5) is 20.4 Å². The van der Waals surface area contributed by atoms with Crippen molar-refractivity contribution in [3.05, 3.63) is 97.8 Å². The van der Waals surface area contributed by atoms with Crippen molar-refractivity contribution in [3.8, 4) is 28.8 Å². The van der Waals surface area contributed by atoms with Gasteiger partial charge in [-0.15, -0.1) is 0 Å². The second-order valence-corrected chi connectivity index (χ2v) is 13.1. The van der Waals surface area contributed by atoms with Gasteiger partial charge in [0.2, 0.25) is 0 Å². The first-order chi connectivity index (χ1) is 23.2. The van der Waals surface area contributed by atoms with Gasteiger partial charge < -0.3 is 19.3 Å². The molecule has 48 heavy (non-hydrogen) atoms. The van der Waals surface area contributed by atoms with Crippen LogP contribution in [-0.2, 0) is 13.1 Å². The van der Waals surface area contributed by atoms with Crippen molar-refractivity contribution in [2.24, 2.45) is 5.92 Å². The molecule has 246 valence electrons. The summed E-state index contributed by atoms with van der Waals surface area (Å²) in [5.74, 6) is 1.53. The summed E-state index contributed by atoms with van der Waals surface area (Å²) in [6.45, 7) is 3.92. The van der Waals surface area contributed by atoms with Crippen molar-refractivity contribution in [1.29, 1.82) is 5.26 Å². The Kier molecular flexibility index (Phi) is 10.1. The van der Waals surface area contributed by atoms with Gasteiger partial charge in [0.05, 0.1) is 36.6 Å². The average molecular weight is 781 g/mol. The molecule has 1 aliphatic rings. The van der Waals surface area contributed by atoms with Crippen molar-refractivity contribution < 1.29 is 18.3 Å². The van der Waals surface area contributed by atoms with Crippen molar-refractivity contribution in [1.82, 2.24) is 15.0 Å². The maximum absolute atomic E-state index is 16.7. The van der Waals surface area contributed by atoms with E-state index in [1.165, 1.54) is 0 Å². The fourth-order valence-electron chi connectivity index (χ4n) is 5.92. The summed E-state index contributed by atoms with van der Waals surface area (Å²) in [4.78, 5) is 16.9. The summed E-state index contributed by atoms with van der Waals surface area (Å²) in [6, 6.07) is 21.5. The lowest BCUT2D eigenvalue weighted by molar-refractivity contribution is 0.414. The Hall–Kier alpha value is -4.28. The predicted octanol–water partition coefficient (Wildman–Crippen LogP) is 8.50. The lowest BCUT2D eigenvalue weighted by Crippen LogP contribution is -2.34. The molecule has 0 amide bonds. The smallest absolute Gasteiger partial charge is 0.311 e. The second-order valence-electron chi connectivity index (χ2n) is 11.7.